The maximum atomic E-state index is 12.9. The molecule has 0 amide bonds. The molecule has 10 heteroatoms. The third-order valence-electron chi connectivity index (χ3n) is 1.97. The second-order valence-electron chi connectivity index (χ2n) is 3.14. The molecule has 1 aromatic rings. The molecule has 0 radical (unpaired) electrons. The van der Waals surface area contributed by atoms with Gasteiger partial charge in [0.25, 0.3) is 0 Å². The molecule has 0 heterocycles. The van der Waals surface area contributed by atoms with E-state index in [-0.39, 0.29) is 12.4 Å². The number of phenols is 1. The lowest BCUT2D eigenvalue weighted by molar-refractivity contribution is -0.386. The van der Waals surface area contributed by atoms with E-state index in [2.05, 4.69) is 0 Å². The highest BCUT2D eigenvalue weighted by atomic mass is 35.5. The summed E-state index contributed by atoms with van der Waals surface area (Å²) in [6.45, 7) is 0. The molecule has 0 fully saturated rings. The first kappa shape index (κ1) is 16.4. The summed E-state index contributed by atoms with van der Waals surface area (Å²) in [6.07, 6.45) is -4.95. The van der Waals surface area contributed by atoms with Gasteiger partial charge in [0, 0.05) is 5.56 Å². The van der Waals surface area contributed by atoms with Gasteiger partial charge in [-0.1, -0.05) is 0 Å². The summed E-state index contributed by atoms with van der Waals surface area (Å²) < 4.78 is 49.6. The summed E-state index contributed by atoms with van der Waals surface area (Å²) in [4.78, 5) is 9.15. The molecule has 102 valence electrons. The molecule has 0 aliphatic heterocycles. The molecule has 1 atom stereocenters. The van der Waals surface area contributed by atoms with Crippen LogP contribution in [-0.4, -0.2) is 16.2 Å². The van der Waals surface area contributed by atoms with Crippen LogP contribution in [0.5, 0.6) is 5.75 Å². The molecule has 1 aromatic carbocycles. The normalized spacial score (nSPS) is 12.7. The molecule has 18 heavy (non-hydrogen) atoms. The van der Waals surface area contributed by atoms with Crippen molar-refractivity contribution in [2.45, 2.75) is 12.2 Å². The first-order valence-corrected chi connectivity index (χ1v) is 4.13. The van der Waals surface area contributed by atoms with Crippen molar-refractivity contribution in [3.05, 3.63) is 33.6 Å². The third kappa shape index (κ3) is 3.20. The standard InChI is InChI=1S/C8H6F4N2O3.ClH/c9-3-1-4(7(13)8(10,11)12)6(15)5(2-3)14(16)17;/h1-2,7,15H,13H2;1H/t7-;/m0./s1. The number of benzene rings is 1. The molecule has 5 nitrogen and oxygen atoms in total. The largest absolute Gasteiger partial charge is 0.502 e. The summed E-state index contributed by atoms with van der Waals surface area (Å²) in [7, 11) is 0. The van der Waals surface area contributed by atoms with Gasteiger partial charge in [0.05, 0.1) is 11.0 Å². The Morgan fingerprint density at radius 2 is 1.89 bits per heavy atom. The van der Waals surface area contributed by atoms with Gasteiger partial charge in [0.1, 0.15) is 11.9 Å². The molecule has 0 unspecified atom stereocenters. The number of nitrogens with zero attached hydrogens (tertiary/aromatic N) is 1. The topological polar surface area (TPSA) is 89.4 Å². The van der Waals surface area contributed by atoms with E-state index in [1.165, 1.54) is 0 Å². The fourth-order valence-corrected chi connectivity index (χ4v) is 1.16. The van der Waals surface area contributed by atoms with Crippen LogP contribution in [-0.2, 0) is 0 Å². The Morgan fingerprint density at radius 3 is 2.28 bits per heavy atom. The molecule has 0 aliphatic rings. The fourth-order valence-electron chi connectivity index (χ4n) is 1.16. The number of rotatable bonds is 2. The third-order valence-corrected chi connectivity index (χ3v) is 1.97. The van der Waals surface area contributed by atoms with E-state index in [4.69, 9.17) is 5.73 Å². The van der Waals surface area contributed by atoms with E-state index in [1.807, 2.05) is 0 Å². The van der Waals surface area contributed by atoms with E-state index >= 15 is 0 Å². The van der Waals surface area contributed by atoms with Gasteiger partial charge < -0.3 is 10.8 Å². The monoisotopic (exact) mass is 290 g/mol. The number of phenolic OH excluding ortho intramolecular Hbond substituents is 1. The highest BCUT2D eigenvalue weighted by Gasteiger charge is 2.41. The van der Waals surface area contributed by atoms with Crippen molar-refractivity contribution in [3.8, 4) is 5.75 Å². The number of aromatic hydroxyl groups is 1. The summed E-state index contributed by atoms with van der Waals surface area (Å²) in [5.74, 6) is -2.58. The van der Waals surface area contributed by atoms with Crippen molar-refractivity contribution in [2.24, 2.45) is 5.73 Å². The van der Waals surface area contributed by atoms with E-state index in [9.17, 15) is 32.8 Å². The number of nitrogens with two attached hydrogens (primary N) is 1. The van der Waals surface area contributed by atoms with Crippen LogP contribution < -0.4 is 5.73 Å². The average Bonchev–Trinajstić information content (AvgIpc) is 2.18. The van der Waals surface area contributed by atoms with Crippen LogP contribution in [0.4, 0.5) is 23.2 Å². The van der Waals surface area contributed by atoms with E-state index < -0.39 is 40.0 Å². The summed E-state index contributed by atoms with van der Waals surface area (Å²) in [5, 5.41) is 19.6. The zero-order valence-electron chi connectivity index (χ0n) is 8.44. The van der Waals surface area contributed by atoms with Crippen LogP contribution in [0, 0.1) is 15.9 Å². The summed E-state index contributed by atoms with van der Waals surface area (Å²) >= 11 is 0. The Balaban J connectivity index is 0.00000289. The molecule has 0 bridgehead atoms. The van der Waals surface area contributed by atoms with E-state index in [0.29, 0.717) is 12.1 Å². The minimum atomic E-state index is -4.95. The fraction of sp³-hybridized carbons (Fsp3) is 0.250. The Morgan fingerprint density at radius 1 is 1.39 bits per heavy atom. The number of nitro benzene ring substituents is 1. The van der Waals surface area contributed by atoms with E-state index in [1.54, 1.807) is 0 Å². The average molecular weight is 291 g/mol. The Hall–Kier alpha value is -1.61. The quantitative estimate of drug-likeness (QED) is 0.497. The maximum Gasteiger partial charge on any atom is 0.407 e. The second-order valence-corrected chi connectivity index (χ2v) is 3.14. The minimum Gasteiger partial charge on any atom is -0.502 e. The molecule has 3 N–H and O–H groups in total. The summed E-state index contributed by atoms with van der Waals surface area (Å²) in [5.41, 5.74) is 2.49. The Kier molecular flexibility index (Phi) is 4.88. The first-order valence-electron chi connectivity index (χ1n) is 4.13. The second kappa shape index (κ2) is 5.36. The molecule has 0 aromatic heterocycles. The van der Waals surface area contributed by atoms with Crippen LogP contribution in [0.3, 0.4) is 0 Å². The van der Waals surface area contributed by atoms with Gasteiger partial charge in [-0.05, 0) is 6.07 Å². The lowest BCUT2D eigenvalue weighted by Gasteiger charge is -2.16. The van der Waals surface area contributed by atoms with Crippen LogP contribution in [0.1, 0.15) is 11.6 Å². The van der Waals surface area contributed by atoms with Gasteiger partial charge in [-0.15, -0.1) is 12.4 Å². The molecular weight excluding hydrogens is 284 g/mol. The molecule has 0 spiro atoms. The SMILES string of the molecule is Cl.N[C@@H](c1cc(F)cc([N+](=O)[O-])c1O)C(F)(F)F. The van der Waals surface area contributed by atoms with Gasteiger partial charge in [-0.25, -0.2) is 4.39 Å². The van der Waals surface area contributed by atoms with Gasteiger partial charge >= 0.3 is 11.9 Å². The predicted molar refractivity (Wildman–Crippen MR) is 55.0 cm³/mol. The predicted octanol–water partition coefficient (Wildman–Crippen LogP) is 2.42. The van der Waals surface area contributed by atoms with Crippen LogP contribution in [0.25, 0.3) is 0 Å². The highest BCUT2D eigenvalue weighted by molar-refractivity contribution is 5.85. The molecule has 0 saturated carbocycles. The number of alkyl halides is 3. The molecule has 0 saturated heterocycles. The Bertz CT molecular complexity index is 466. The van der Waals surface area contributed by atoms with Crippen LogP contribution in [0.15, 0.2) is 12.1 Å². The number of nitro groups is 1. The first-order chi connectivity index (χ1) is 7.64. The Labute approximate surface area is 104 Å². The minimum absolute atomic E-state index is 0. The smallest absolute Gasteiger partial charge is 0.407 e. The van der Waals surface area contributed by atoms with E-state index in [0.717, 1.165) is 0 Å². The maximum absolute atomic E-state index is 12.9. The van der Waals surface area contributed by atoms with Crippen molar-refractivity contribution >= 4 is 18.1 Å². The van der Waals surface area contributed by atoms with Crippen molar-refractivity contribution in [3.63, 3.8) is 0 Å². The molecular formula is C8H7ClF4N2O3. The van der Waals surface area contributed by atoms with Crippen molar-refractivity contribution < 1.29 is 27.6 Å². The zero-order chi connectivity index (χ0) is 13.4. The number of hydrogen-bond donors (Lipinski definition) is 2. The highest BCUT2D eigenvalue weighted by Crippen LogP contribution is 2.39. The van der Waals surface area contributed by atoms with Crippen LogP contribution >= 0.6 is 12.4 Å². The number of halogens is 5. The van der Waals surface area contributed by atoms with Crippen molar-refractivity contribution in [1.29, 1.82) is 0 Å². The van der Waals surface area contributed by atoms with Gasteiger partial charge in [-0.3, -0.25) is 10.1 Å². The van der Waals surface area contributed by atoms with Crippen molar-refractivity contribution in [2.75, 3.05) is 0 Å². The lowest BCUT2D eigenvalue weighted by Crippen LogP contribution is -2.28. The molecule has 0 aliphatic carbocycles. The van der Waals surface area contributed by atoms with Crippen LogP contribution in [0.2, 0.25) is 0 Å². The summed E-state index contributed by atoms with van der Waals surface area (Å²) in [6, 6.07) is -2.08. The van der Waals surface area contributed by atoms with Gasteiger partial charge in [0.2, 0.25) is 0 Å². The van der Waals surface area contributed by atoms with Gasteiger partial charge in [-0.2, -0.15) is 13.2 Å². The van der Waals surface area contributed by atoms with Crippen molar-refractivity contribution in [1.82, 2.24) is 0 Å². The molecule has 1 rings (SSSR count). The number of hydrogen-bond acceptors (Lipinski definition) is 4. The van der Waals surface area contributed by atoms with Gasteiger partial charge in [0.15, 0.2) is 5.75 Å². The zero-order valence-corrected chi connectivity index (χ0v) is 9.26. The lowest BCUT2D eigenvalue weighted by atomic mass is 10.0.